The predicted molar refractivity (Wildman–Crippen MR) is 150 cm³/mol. The Bertz CT molecular complexity index is 1530. The molecule has 0 heterocycles. The van der Waals surface area contributed by atoms with E-state index in [0.717, 1.165) is 36.8 Å². The number of aryl methyl sites for hydroxylation is 1. The first kappa shape index (κ1) is 27.7. The lowest BCUT2D eigenvalue weighted by atomic mass is 9.75. The number of halogens is 3. The number of methoxy groups -OCH3 is 1. The Morgan fingerprint density at radius 2 is 1.80 bits per heavy atom. The Kier molecular flexibility index (Phi) is 6.82. The standard InChI is InChI=1S/C34H35F3O4/c1-33(2)12-5-7-25(33)23-14-20(28(36)16-22(23)24-15-21(40-3)9-10-27(24)35)18-41-29-11-8-19-6-4-13-34(30(19)31(29)37)17-26(34)32(38)39/h8-11,14-16,25-26H,4-7,12-13,17-18H2,1-3H3,(H,38,39)/t25-,26-,34+/m0/s1. The lowest BCUT2D eigenvalue weighted by Crippen LogP contribution is -2.23. The third kappa shape index (κ3) is 4.67. The molecule has 3 aromatic carbocycles. The van der Waals surface area contributed by atoms with Crippen molar-refractivity contribution in [2.24, 2.45) is 11.3 Å². The highest BCUT2D eigenvalue weighted by atomic mass is 19.1. The quantitative estimate of drug-likeness (QED) is 0.314. The number of hydrogen-bond donors (Lipinski definition) is 1. The zero-order valence-corrected chi connectivity index (χ0v) is 23.7. The van der Waals surface area contributed by atoms with Crippen LogP contribution in [-0.2, 0) is 23.2 Å². The van der Waals surface area contributed by atoms with Crippen LogP contribution >= 0.6 is 0 Å². The van der Waals surface area contributed by atoms with Crippen LogP contribution in [0.25, 0.3) is 11.1 Å². The molecule has 0 radical (unpaired) electrons. The number of carboxylic acids is 1. The third-order valence-corrected chi connectivity index (χ3v) is 9.83. The summed E-state index contributed by atoms with van der Waals surface area (Å²) < 4.78 is 57.9. The topological polar surface area (TPSA) is 55.8 Å². The molecular weight excluding hydrogens is 529 g/mol. The van der Waals surface area contributed by atoms with Gasteiger partial charge in [0.15, 0.2) is 11.6 Å². The number of benzene rings is 3. The molecule has 2 fully saturated rings. The van der Waals surface area contributed by atoms with Crippen LogP contribution in [0.5, 0.6) is 11.5 Å². The van der Waals surface area contributed by atoms with Gasteiger partial charge in [-0.1, -0.05) is 26.3 Å². The Labute approximate surface area is 238 Å². The predicted octanol–water partition coefficient (Wildman–Crippen LogP) is 8.33. The van der Waals surface area contributed by atoms with Crippen LogP contribution in [0.15, 0.2) is 42.5 Å². The lowest BCUT2D eigenvalue weighted by Gasteiger charge is -2.30. The normalized spacial score (nSPS) is 24.2. The molecule has 6 rings (SSSR count). The van der Waals surface area contributed by atoms with Gasteiger partial charge in [0.2, 0.25) is 0 Å². The minimum atomic E-state index is -0.902. The van der Waals surface area contributed by atoms with Gasteiger partial charge in [-0.2, -0.15) is 0 Å². The van der Waals surface area contributed by atoms with Gasteiger partial charge in [0.1, 0.15) is 24.0 Å². The fourth-order valence-electron chi connectivity index (χ4n) is 7.52. The molecule has 2 saturated carbocycles. The summed E-state index contributed by atoms with van der Waals surface area (Å²) in [6, 6.07) is 10.9. The first-order valence-corrected chi connectivity index (χ1v) is 14.4. The summed E-state index contributed by atoms with van der Waals surface area (Å²) in [5, 5.41) is 9.62. The van der Waals surface area contributed by atoms with Gasteiger partial charge in [0.05, 0.1) is 13.0 Å². The third-order valence-electron chi connectivity index (χ3n) is 9.83. The SMILES string of the molecule is COc1ccc(F)c(-c2cc(F)c(COc3ccc4c(c3F)[C@]3(CCC4)C[C@H]3C(=O)O)cc2[C@@H]2CCCC2(C)C)c1. The van der Waals surface area contributed by atoms with Gasteiger partial charge in [0, 0.05) is 22.1 Å². The summed E-state index contributed by atoms with van der Waals surface area (Å²) >= 11 is 0. The van der Waals surface area contributed by atoms with E-state index in [2.05, 4.69) is 13.8 Å². The van der Waals surface area contributed by atoms with Crippen molar-refractivity contribution in [3.05, 3.63) is 82.2 Å². The summed E-state index contributed by atoms with van der Waals surface area (Å²) in [7, 11) is 1.51. The maximum Gasteiger partial charge on any atom is 0.307 e. The molecule has 0 amide bonds. The molecule has 3 aromatic rings. The fraction of sp³-hybridized carbons (Fsp3) is 0.441. The molecule has 0 bridgehead atoms. The molecule has 7 heteroatoms. The Hall–Kier alpha value is -3.48. The minimum absolute atomic E-state index is 0.00822. The molecule has 0 saturated heterocycles. The van der Waals surface area contributed by atoms with Gasteiger partial charge < -0.3 is 14.6 Å². The summed E-state index contributed by atoms with van der Waals surface area (Å²) in [4.78, 5) is 11.7. The van der Waals surface area contributed by atoms with Crippen LogP contribution < -0.4 is 9.47 Å². The average molecular weight is 565 g/mol. The van der Waals surface area contributed by atoms with Gasteiger partial charge >= 0.3 is 5.97 Å². The minimum Gasteiger partial charge on any atom is -0.497 e. The molecular formula is C34H35F3O4. The zero-order chi connectivity index (χ0) is 29.1. The fourth-order valence-corrected chi connectivity index (χ4v) is 7.52. The highest BCUT2D eigenvalue weighted by Gasteiger charge is 2.62. The second kappa shape index (κ2) is 10.1. The maximum atomic E-state index is 15.9. The highest BCUT2D eigenvalue weighted by Crippen LogP contribution is 2.61. The highest BCUT2D eigenvalue weighted by molar-refractivity contribution is 5.78. The van der Waals surface area contributed by atoms with Gasteiger partial charge in [-0.15, -0.1) is 0 Å². The van der Waals surface area contributed by atoms with Gasteiger partial charge in [-0.25, -0.2) is 13.2 Å². The zero-order valence-electron chi connectivity index (χ0n) is 23.7. The number of carboxylic acid groups (broad SMARTS) is 1. The van der Waals surface area contributed by atoms with Crippen LogP contribution in [0.3, 0.4) is 0 Å². The second-order valence-corrected chi connectivity index (χ2v) is 12.6. The molecule has 3 aliphatic rings. The number of hydrogen-bond acceptors (Lipinski definition) is 3. The molecule has 216 valence electrons. The summed E-state index contributed by atoms with van der Waals surface area (Å²) in [5.74, 6) is -2.52. The molecule has 41 heavy (non-hydrogen) atoms. The van der Waals surface area contributed by atoms with Crippen molar-refractivity contribution in [1.82, 2.24) is 0 Å². The molecule has 1 spiro atoms. The van der Waals surface area contributed by atoms with E-state index in [1.165, 1.54) is 25.3 Å². The largest absolute Gasteiger partial charge is 0.497 e. The lowest BCUT2D eigenvalue weighted by molar-refractivity contribution is -0.139. The first-order valence-electron chi connectivity index (χ1n) is 14.4. The molecule has 3 atom stereocenters. The van der Waals surface area contributed by atoms with Gasteiger partial charge in [0.25, 0.3) is 0 Å². The van der Waals surface area contributed by atoms with Crippen LogP contribution in [-0.4, -0.2) is 18.2 Å². The second-order valence-electron chi connectivity index (χ2n) is 12.6. The smallest absolute Gasteiger partial charge is 0.307 e. The monoisotopic (exact) mass is 564 g/mol. The van der Waals surface area contributed by atoms with Crippen molar-refractivity contribution in [3.63, 3.8) is 0 Å². The van der Waals surface area contributed by atoms with E-state index in [1.54, 1.807) is 18.2 Å². The van der Waals surface area contributed by atoms with Crippen molar-refractivity contribution >= 4 is 5.97 Å². The Morgan fingerprint density at radius 1 is 1.00 bits per heavy atom. The van der Waals surface area contributed by atoms with Crippen molar-refractivity contribution in [2.75, 3.05) is 7.11 Å². The van der Waals surface area contributed by atoms with E-state index in [0.29, 0.717) is 36.1 Å². The van der Waals surface area contributed by atoms with Crippen molar-refractivity contribution in [3.8, 4) is 22.6 Å². The summed E-state index contributed by atoms with van der Waals surface area (Å²) in [5.41, 5.74) is 2.39. The van der Waals surface area contributed by atoms with E-state index >= 15 is 13.2 Å². The number of ether oxygens (including phenoxy) is 2. The van der Waals surface area contributed by atoms with Gasteiger partial charge in [-0.05, 0) is 103 Å². The van der Waals surface area contributed by atoms with Crippen LogP contribution in [0.2, 0.25) is 0 Å². The first-order chi connectivity index (χ1) is 19.6. The van der Waals surface area contributed by atoms with Crippen LogP contribution in [0, 0.1) is 28.8 Å². The van der Waals surface area contributed by atoms with E-state index in [1.807, 2.05) is 6.07 Å². The van der Waals surface area contributed by atoms with E-state index in [4.69, 9.17) is 9.47 Å². The van der Waals surface area contributed by atoms with E-state index in [9.17, 15) is 9.90 Å². The summed E-state index contributed by atoms with van der Waals surface area (Å²) in [6.07, 6.45) is 5.48. The molecule has 1 N–H and O–H groups in total. The number of aliphatic carboxylic acids is 1. The number of carbonyl (C=O) groups is 1. The summed E-state index contributed by atoms with van der Waals surface area (Å²) in [6.45, 7) is 4.14. The molecule has 3 aliphatic carbocycles. The van der Waals surface area contributed by atoms with Gasteiger partial charge in [-0.3, -0.25) is 4.79 Å². The Balaban J connectivity index is 1.37. The van der Waals surface area contributed by atoms with E-state index < -0.39 is 34.8 Å². The molecule has 0 aliphatic heterocycles. The Morgan fingerprint density at radius 3 is 2.49 bits per heavy atom. The van der Waals surface area contributed by atoms with Crippen molar-refractivity contribution in [1.29, 1.82) is 0 Å². The van der Waals surface area contributed by atoms with E-state index in [-0.39, 0.29) is 34.8 Å². The number of fused-ring (bicyclic) bond motifs is 2. The number of rotatable bonds is 7. The maximum absolute atomic E-state index is 15.9. The molecule has 0 unspecified atom stereocenters. The van der Waals surface area contributed by atoms with Crippen LogP contribution in [0.4, 0.5) is 13.2 Å². The van der Waals surface area contributed by atoms with Crippen molar-refractivity contribution < 1.29 is 32.5 Å². The molecule has 4 nitrogen and oxygen atoms in total. The van der Waals surface area contributed by atoms with Crippen molar-refractivity contribution in [2.45, 2.75) is 76.7 Å². The average Bonchev–Trinajstić information content (AvgIpc) is 3.54. The molecule has 0 aromatic heterocycles. The van der Waals surface area contributed by atoms with Crippen LogP contribution in [0.1, 0.15) is 80.5 Å².